The number of unbranched alkanes of at least 4 members (excludes halogenated alkanes) is 31. The monoisotopic (exact) mass is 698 g/mol. The SMILES string of the molecule is CCCCCCCCCCCCCCCCCCCCCCCCC(O)C(O)C(CO)NC(=O)C(O)CCCCCCCCCCCCC. The van der Waals surface area contributed by atoms with Crippen LogP contribution in [0.5, 0.6) is 0 Å². The molecule has 0 rings (SSSR count). The van der Waals surface area contributed by atoms with Gasteiger partial charge in [0, 0.05) is 0 Å². The second kappa shape index (κ2) is 38.5. The molecule has 0 bridgehead atoms. The molecule has 294 valence electrons. The Balaban J connectivity index is 3.65. The highest BCUT2D eigenvalue weighted by molar-refractivity contribution is 5.80. The lowest BCUT2D eigenvalue weighted by Gasteiger charge is -2.27. The lowest BCUT2D eigenvalue weighted by Crippen LogP contribution is -2.53. The number of amides is 1. The van der Waals surface area contributed by atoms with E-state index in [1.54, 1.807) is 0 Å². The summed E-state index contributed by atoms with van der Waals surface area (Å²) in [5.41, 5.74) is 0. The number of hydrogen-bond donors (Lipinski definition) is 5. The van der Waals surface area contributed by atoms with Crippen molar-refractivity contribution in [1.82, 2.24) is 5.32 Å². The molecule has 0 radical (unpaired) electrons. The van der Waals surface area contributed by atoms with Gasteiger partial charge in [0.2, 0.25) is 5.91 Å². The smallest absolute Gasteiger partial charge is 0.249 e. The summed E-state index contributed by atoms with van der Waals surface area (Å²) in [6, 6.07) is -0.978. The van der Waals surface area contributed by atoms with Gasteiger partial charge in [0.1, 0.15) is 12.2 Å². The lowest BCUT2D eigenvalue weighted by atomic mass is 9.99. The summed E-state index contributed by atoms with van der Waals surface area (Å²) >= 11 is 0. The third-order valence-electron chi connectivity index (χ3n) is 10.6. The van der Waals surface area contributed by atoms with Gasteiger partial charge in [-0.15, -0.1) is 0 Å². The Morgan fingerprint density at radius 3 is 0.980 bits per heavy atom. The third-order valence-corrected chi connectivity index (χ3v) is 10.6. The first-order valence-corrected chi connectivity index (χ1v) is 21.9. The maximum absolute atomic E-state index is 12.4. The molecule has 6 heteroatoms. The number of carbonyl (C=O) groups is 1. The molecule has 49 heavy (non-hydrogen) atoms. The van der Waals surface area contributed by atoms with Gasteiger partial charge in [0.15, 0.2) is 0 Å². The number of aliphatic hydroxyl groups is 4. The number of carbonyl (C=O) groups excluding carboxylic acids is 1. The molecule has 0 fully saturated rings. The molecule has 4 unspecified atom stereocenters. The second-order valence-corrected chi connectivity index (χ2v) is 15.4. The predicted molar refractivity (Wildman–Crippen MR) is 210 cm³/mol. The summed E-state index contributed by atoms with van der Waals surface area (Å²) in [6.07, 6.45) is 40.0. The fourth-order valence-corrected chi connectivity index (χ4v) is 7.05. The van der Waals surface area contributed by atoms with E-state index >= 15 is 0 Å². The Bertz CT molecular complexity index is 662. The standard InChI is InChI=1S/C43H87NO5/c1-3-5-7-9-11-13-15-16-17-18-19-20-21-22-23-24-25-27-28-30-32-34-36-40(46)42(48)39(38-45)44-43(49)41(47)37-35-33-31-29-26-14-12-10-8-6-4-2/h39-42,45-48H,3-38H2,1-2H3,(H,44,49). The zero-order valence-electron chi connectivity index (χ0n) is 33.0. The highest BCUT2D eigenvalue weighted by Crippen LogP contribution is 2.17. The van der Waals surface area contributed by atoms with Gasteiger partial charge in [0.25, 0.3) is 0 Å². The summed E-state index contributed by atoms with van der Waals surface area (Å²) < 4.78 is 0. The molecule has 6 nitrogen and oxygen atoms in total. The number of hydrogen-bond acceptors (Lipinski definition) is 5. The number of nitrogens with one attached hydrogen (secondary N) is 1. The first kappa shape index (κ1) is 48.3. The van der Waals surface area contributed by atoms with E-state index in [1.165, 1.54) is 173 Å². The van der Waals surface area contributed by atoms with Gasteiger partial charge in [-0.05, 0) is 12.8 Å². The predicted octanol–water partition coefficient (Wildman–Crippen LogP) is 11.2. The van der Waals surface area contributed by atoms with Crippen LogP contribution in [0.1, 0.15) is 239 Å². The molecule has 0 heterocycles. The summed E-state index contributed by atoms with van der Waals surface area (Å²) in [6.45, 7) is 4.05. The summed E-state index contributed by atoms with van der Waals surface area (Å²) in [5.74, 6) is -0.582. The van der Waals surface area contributed by atoms with Crippen molar-refractivity contribution in [1.29, 1.82) is 0 Å². The molecule has 0 aromatic carbocycles. The van der Waals surface area contributed by atoms with E-state index in [2.05, 4.69) is 19.2 Å². The highest BCUT2D eigenvalue weighted by atomic mass is 16.3. The first-order chi connectivity index (χ1) is 24.0. The normalized spacial score (nSPS) is 14.2. The Labute approximate surface area is 305 Å². The zero-order chi connectivity index (χ0) is 36.0. The molecule has 0 spiro atoms. The van der Waals surface area contributed by atoms with E-state index in [4.69, 9.17) is 0 Å². The molecular weight excluding hydrogens is 610 g/mol. The minimum atomic E-state index is -1.25. The maximum Gasteiger partial charge on any atom is 0.249 e. The van der Waals surface area contributed by atoms with Gasteiger partial charge in [-0.1, -0.05) is 226 Å². The molecule has 0 aliphatic heterocycles. The minimum Gasteiger partial charge on any atom is -0.394 e. The van der Waals surface area contributed by atoms with Crippen LogP contribution in [0.2, 0.25) is 0 Å². The van der Waals surface area contributed by atoms with Gasteiger partial charge in [-0.2, -0.15) is 0 Å². The van der Waals surface area contributed by atoms with Crippen LogP contribution < -0.4 is 5.32 Å². The van der Waals surface area contributed by atoms with Crippen molar-refractivity contribution >= 4 is 5.91 Å². The van der Waals surface area contributed by atoms with Crippen molar-refractivity contribution in [3.05, 3.63) is 0 Å². The van der Waals surface area contributed by atoms with E-state index in [0.717, 1.165) is 38.5 Å². The molecule has 5 N–H and O–H groups in total. The van der Waals surface area contributed by atoms with E-state index < -0.39 is 36.9 Å². The zero-order valence-corrected chi connectivity index (χ0v) is 33.0. The molecule has 0 aliphatic rings. The lowest BCUT2D eigenvalue weighted by molar-refractivity contribution is -0.132. The van der Waals surface area contributed by atoms with Crippen LogP contribution in [-0.2, 0) is 4.79 Å². The van der Waals surface area contributed by atoms with Crippen LogP contribution >= 0.6 is 0 Å². The quantitative estimate of drug-likeness (QED) is 0.0409. The van der Waals surface area contributed by atoms with Crippen molar-refractivity contribution in [3.8, 4) is 0 Å². The topological polar surface area (TPSA) is 110 Å². The van der Waals surface area contributed by atoms with Gasteiger partial charge in [0.05, 0.1) is 18.8 Å². The van der Waals surface area contributed by atoms with Gasteiger partial charge >= 0.3 is 0 Å². The molecule has 0 saturated carbocycles. The van der Waals surface area contributed by atoms with E-state index in [9.17, 15) is 25.2 Å². The van der Waals surface area contributed by atoms with Gasteiger partial charge in [-0.25, -0.2) is 0 Å². The van der Waals surface area contributed by atoms with Crippen molar-refractivity contribution in [2.45, 2.75) is 263 Å². The van der Waals surface area contributed by atoms with Crippen molar-refractivity contribution in [2.75, 3.05) is 6.61 Å². The average Bonchev–Trinajstić information content (AvgIpc) is 3.11. The summed E-state index contributed by atoms with van der Waals surface area (Å²) in [4.78, 5) is 12.4. The summed E-state index contributed by atoms with van der Waals surface area (Å²) in [7, 11) is 0. The van der Waals surface area contributed by atoms with Crippen LogP contribution in [0.25, 0.3) is 0 Å². The molecule has 0 aromatic rings. The molecule has 0 saturated heterocycles. The molecular formula is C43H87NO5. The second-order valence-electron chi connectivity index (χ2n) is 15.4. The Morgan fingerprint density at radius 2 is 0.694 bits per heavy atom. The Kier molecular flexibility index (Phi) is 38.0. The summed E-state index contributed by atoms with van der Waals surface area (Å²) in [5, 5.41) is 43.6. The number of aliphatic hydroxyl groups excluding tert-OH is 4. The maximum atomic E-state index is 12.4. The molecule has 4 atom stereocenters. The van der Waals surface area contributed by atoms with Crippen LogP contribution in [0, 0.1) is 0 Å². The Hall–Kier alpha value is -0.690. The molecule has 0 aromatic heterocycles. The number of rotatable bonds is 40. The first-order valence-electron chi connectivity index (χ1n) is 21.9. The van der Waals surface area contributed by atoms with Crippen LogP contribution in [0.3, 0.4) is 0 Å². The van der Waals surface area contributed by atoms with E-state index in [0.29, 0.717) is 12.8 Å². The van der Waals surface area contributed by atoms with Gasteiger partial charge < -0.3 is 25.7 Å². The highest BCUT2D eigenvalue weighted by Gasteiger charge is 2.28. The molecule has 1 amide bonds. The average molecular weight is 698 g/mol. The van der Waals surface area contributed by atoms with Crippen molar-refractivity contribution < 1.29 is 25.2 Å². The fourth-order valence-electron chi connectivity index (χ4n) is 7.05. The van der Waals surface area contributed by atoms with Crippen molar-refractivity contribution in [2.24, 2.45) is 0 Å². The van der Waals surface area contributed by atoms with Crippen LogP contribution in [0.15, 0.2) is 0 Å². The van der Waals surface area contributed by atoms with Gasteiger partial charge in [-0.3, -0.25) is 4.79 Å². The minimum absolute atomic E-state index is 0.374. The van der Waals surface area contributed by atoms with Crippen LogP contribution in [0.4, 0.5) is 0 Å². The third kappa shape index (κ3) is 32.9. The van der Waals surface area contributed by atoms with E-state index in [-0.39, 0.29) is 0 Å². The van der Waals surface area contributed by atoms with E-state index in [1.807, 2.05) is 0 Å². The van der Waals surface area contributed by atoms with Crippen LogP contribution in [-0.4, -0.2) is 57.3 Å². The van der Waals surface area contributed by atoms with Crippen molar-refractivity contribution in [3.63, 3.8) is 0 Å². The Morgan fingerprint density at radius 1 is 0.429 bits per heavy atom. The molecule has 0 aliphatic carbocycles. The largest absolute Gasteiger partial charge is 0.394 e. The fraction of sp³-hybridized carbons (Fsp3) is 0.977.